The Kier molecular flexibility index (Phi) is 4.44. The fourth-order valence-electron chi connectivity index (χ4n) is 3.13. The van der Waals surface area contributed by atoms with Crippen LogP contribution in [-0.4, -0.2) is 46.5 Å². The second-order valence-electron chi connectivity index (χ2n) is 6.33. The van der Waals surface area contributed by atoms with Gasteiger partial charge in [0.15, 0.2) is 5.58 Å². The first-order valence-electron chi connectivity index (χ1n) is 8.48. The Hall–Kier alpha value is -2.72. The van der Waals surface area contributed by atoms with E-state index in [1.54, 1.807) is 18.5 Å². The van der Waals surface area contributed by atoms with Crippen LogP contribution in [0.2, 0.25) is 0 Å². The number of sulfonamides is 1. The summed E-state index contributed by atoms with van der Waals surface area (Å²) in [5, 5.41) is 0. The Labute approximate surface area is 155 Å². The van der Waals surface area contributed by atoms with Crippen LogP contribution in [0.3, 0.4) is 0 Å². The lowest BCUT2D eigenvalue weighted by Crippen LogP contribution is -2.44. The molecule has 9 nitrogen and oxygen atoms in total. The number of oxazole rings is 1. The van der Waals surface area contributed by atoms with Gasteiger partial charge in [-0.25, -0.2) is 23.2 Å². The molecular weight excluding hydrogens is 372 g/mol. The number of aromatic nitrogens is 3. The molecule has 3 aromatic rings. The molecule has 2 aromatic heterocycles. The van der Waals surface area contributed by atoms with Gasteiger partial charge < -0.3 is 9.15 Å². The Morgan fingerprint density at radius 1 is 1.26 bits per heavy atom. The normalized spacial score (nSPS) is 18.6. The molecule has 1 fully saturated rings. The van der Waals surface area contributed by atoms with Crippen molar-refractivity contribution in [3.8, 4) is 6.01 Å². The topological polar surface area (TPSA) is 108 Å². The van der Waals surface area contributed by atoms with Gasteiger partial charge in [-0.3, -0.25) is 4.57 Å². The molecule has 0 radical (unpaired) electrons. The maximum atomic E-state index is 13.1. The van der Waals surface area contributed by atoms with Gasteiger partial charge in [-0.15, -0.1) is 0 Å². The quantitative estimate of drug-likeness (QED) is 0.658. The van der Waals surface area contributed by atoms with Crippen LogP contribution in [-0.2, 0) is 17.1 Å². The van der Waals surface area contributed by atoms with Crippen molar-refractivity contribution in [2.75, 3.05) is 13.1 Å². The molecule has 0 bridgehead atoms. The van der Waals surface area contributed by atoms with E-state index in [1.165, 1.54) is 34.1 Å². The number of nitrogens with zero attached hydrogens (tertiary/aromatic N) is 4. The molecule has 0 spiro atoms. The van der Waals surface area contributed by atoms with Crippen molar-refractivity contribution in [3.63, 3.8) is 0 Å². The molecule has 4 rings (SSSR count). The minimum atomic E-state index is -3.73. The molecule has 0 unspecified atom stereocenters. The third-order valence-corrected chi connectivity index (χ3v) is 6.42. The third kappa shape index (κ3) is 3.33. The average Bonchev–Trinajstić information content (AvgIpc) is 2.96. The van der Waals surface area contributed by atoms with E-state index in [2.05, 4.69) is 9.97 Å². The Morgan fingerprint density at radius 2 is 2.04 bits per heavy atom. The van der Waals surface area contributed by atoms with E-state index < -0.39 is 15.8 Å². The van der Waals surface area contributed by atoms with Crippen LogP contribution in [0, 0.1) is 0 Å². The van der Waals surface area contributed by atoms with Gasteiger partial charge in [-0.05, 0) is 37.1 Å². The summed E-state index contributed by atoms with van der Waals surface area (Å²) in [7, 11) is -2.19. The number of aryl methyl sites for hydroxylation is 1. The standard InChI is InChI=1S/C17H18N4O5S/c1-20-14-10-13(5-6-15(14)26-17(20)22)27(23,24)21-9-2-4-12(11-21)25-16-18-7-3-8-19-16/h3,5-8,10,12H,2,4,9,11H2,1H3/t12-/m0/s1. The van der Waals surface area contributed by atoms with E-state index in [0.29, 0.717) is 24.1 Å². The highest BCUT2D eigenvalue weighted by Crippen LogP contribution is 2.25. The number of fused-ring (bicyclic) bond motifs is 1. The Balaban J connectivity index is 1.59. The van der Waals surface area contributed by atoms with Gasteiger partial charge in [0.25, 0.3) is 0 Å². The first-order chi connectivity index (χ1) is 12.9. The van der Waals surface area contributed by atoms with E-state index in [0.717, 1.165) is 6.42 Å². The summed E-state index contributed by atoms with van der Waals surface area (Å²) < 4.78 is 39.6. The molecule has 27 heavy (non-hydrogen) atoms. The predicted octanol–water partition coefficient (Wildman–Crippen LogP) is 1.15. The van der Waals surface area contributed by atoms with Crippen LogP contribution < -0.4 is 10.5 Å². The fourth-order valence-corrected chi connectivity index (χ4v) is 4.66. The van der Waals surface area contributed by atoms with Gasteiger partial charge in [0, 0.05) is 26.0 Å². The second kappa shape index (κ2) is 6.78. The van der Waals surface area contributed by atoms with Crippen molar-refractivity contribution >= 4 is 21.1 Å². The number of piperidine rings is 1. The summed E-state index contributed by atoms with van der Waals surface area (Å²) in [6.45, 7) is 0.614. The smallest absolute Gasteiger partial charge is 0.419 e. The van der Waals surface area contributed by atoms with Crippen LogP contribution in [0.5, 0.6) is 6.01 Å². The molecule has 10 heteroatoms. The van der Waals surface area contributed by atoms with Crippen molar-refractivity contribution < 1.29 is 17.6 Å². The lowest BCUT2D eigenvalue weighted by Gasteiger charge is -2.31. The highest BCUT2D eigenvalue weighted by molar-refractivity contribution is 7.89. The highest BCUT2D eigenvalue weighted by atomic mass is 32.2. The number of hydrogen-bond acceptors (Lipinski definition) is 7. The maximum absolute atomic E-state index is 13.1. The zero-order valence-corrected chi connectivity index (χ0v) is 15.4. The predicted molar refractivity (Wildman–Crippen MR) is 95.9 cm³/mol. The highest BCUT2D eigenvalue weighted by Gasteiger charge is 2.32. The summed E-state index contributed by atoms with van der Waals surface area (Å²) in [4.78, 5) is 19.8. The van der Waals surface area contributed by atoms with Crippen LogP contribution in [0.25, 0.3) is 11.1 Å². The SMILES string of the molecule is Cn1c(=O)oc2ccc(S(=O)(=O)N3CCC[C@H](Oc4ncccn4)C3)cc21. The van der Waals surface area contributed by atoms with Crippen molar-refractivity contribution in [2.24, 2.45) is 7.05 Å². The van der Waals surface area contributed by atoms with E-state index in [9.17, 15) is 13.2 Å². The summed E-state index contributed by atoms with van der Waals surface area (Å²) in [5.41, 5.74) is 0.783. The van der Waals surface area contributed by atoms with Gasteiger partial charge >= 0.3 is 11.8 Å². The summed E-state index contributed by atoms with van der Waals surface area (Å²) in [6.07, 6.45) is 4.22. The lowest BCUT2D eigenvalue weighted by molar-refractivity contribution is 0.119. The molecule has 0 amide bonds. The number of benzene rings is 1. The number of ether oxygens (including phenoxy) is 1. The fraction of sp³-hybridized carbons (Fsp3) is 0.353. The lowest BCUT2D eigenvalue weighted by atomic mass is 10.1. The monoisotopic (exact) mass is 390 g/mol. The van der Waals surface area contributed by atoms with E-state index >= 15 is 0 Å². The van der Waals surface area contributed by atoms with Crippen molar-refractivity contribution in [2.45, 2.75) is 23.8 Å². The van der Waals surface area contributed by atoms with Crippen molar-refractivity contribution in [1.29, 1.82) is 0 Å². The summed E-state index contributed by atoms with van der Waals surface area (Å²) in [5.74, 6) is -0.533. The molecule has 0 aliphatic carbocycles. The van der Waals surface area contributed by atoms with Gasteiger partial charge in [0.1, 0.15) is 6.10 Å². The van der Waals surface area contributed by atoms with Crippen LogP contribution >= 0.6 is 0 Å². The molecular formula is C17H18N4O5S. The first-order valence-corrected chi connectivity index (χ1v) is 9.92. The molecule has 142 valence electrons. The van der Waals surface area contributed by atoms with Gasteiger partial charge in [0.05, 0.1) is 17.0 Å². The average molecular weight is 390 g/mol. The van der Waals surface area contributed by atoms with Crippen LogP contribution in [0.4, 0.5) is 0 Å². The number of rotatable bonds is 4. The molecule has 1 atom stereocenters. The second-order valence-corrected chi connectivity index (χ2v) is 8.27. The van der Waals surface area contributed by atoms with E-state index in [-0.39, 0.29) is 23.6 Å². The third-order valence-electron chi connectivity index (χ3n) is 4.56. The van der Waals surface area contributed by atoms with Crippen LogP contribution in [0.1, 0.15) is 12.8 Å². The molecule has 0 N–H and O–H groups in total. The molecule has 3 heterocycles. The molecule has 0 saturated carbocycles. The minimum Gasteiger partial charge on any atom is -0.459 e. The number of hydrogen-bond donors (Lipinski definition) is 0. The largest absolute Gasteiger partial charge is 0.459 e. The molecule has 1 saturated heterocycles. The van der Waals surface area contributed by atoms with Crippen LogP contribution in [0.15, 0.2) is 50.8 Å². The van der Waals surface area contributed by atoms with Gasteiger partial charge in [-0.1, -0.05) is 0 Å². The Bertz CT molecular complexity index is 1120. The van der Waals surface area contributed by atoms with E-state index in [1.807, 2.05) is 0 Å². The van der Waals surface area contributed by atoms with Crippen molar-refractivity contribution in [1.82, 2.24) is 18.8 Å². The Morgan fingerprint density at radius 3 is 2.81 bits per heavy atom. The molecule has 1 aromatic carbocycles. The minimum absolute atomic E-state index is 0.114. The van der Waals surface area contributed by atoms with E-state index in [4.69, 9.17) is 9.15 Å². The van der Waals surface area contributed by atoms with Crippen molar-refractivity contribution in [3.05, 3.63) is 47.2 Å². The van der Waals surface area contributed by atoms with Gasteiger partial charge in [0.2, 0.25) is 10.0 Å². The summed E-state index contributed by atoms with van der Waals surface area (Å²) in [6, 6.07) is 6.33. The molecule has 1 aliphatic heterocycles. The maximum Gasteiger partial charge on any atom is 0.419 e. The zero-order valence-electron chi connectivity index (χ0n) is 14.6. The summed E-state index contributed by atoms with van der Waals surface area (Å²) >= 11 is 0. The molecule has 1 aliphatic rings. The zero-order chi connectivity index (χ0) is 19.0. The van der Waals surface area contributed by atoms with Gasteiger partial charge in [-0.2, -0.15) is 4.31 Å². The first kappa shape index (κ1) is 17.7.